The molecule has 1 spiro atoms. The second-order valence-corrected chi connectivity index (χ2v) is 7.65. The summed E-state index contributed by atoms with van der Waals surface area (Å²) in [5, 5.41) is 9.23. The number of aliphatic hydroxyl groups is 1. The van der Waals surface area contributed by atoms with Crippen LogP contribution in [0.15, 0.2) is 18.3 Å². The molecule has 1 aromatic rings. The normalized spacial score (nSPS) is 19.2. The maximum Gasteiger partial charge on any atom is 0.327 e. The van der Waals surface area contributed by atoms with Gasteiger partial charge in [0.05, 0.1) is 19.3 Å². The van der Waals surface area contributed by atoms with Crippen molar-refractivity contribution in [2.24, 2.45) is 5.92 Å². The van der Waals surface area contributed by atoms with Crippen molar-refractivity contribution in [2.45, 2.75) is 32.2 Å². The molecule has 2 fully saturated rings. The van der Waals surface area contributed by atoms with E-state index in [2.05, 4.69) is 4.98 Å². The van der Waals surface area contributed by atoms with Gasteiger partial charge in [0.15, 0.2) is 0 Å². The van der Waals surface area contributed by atoms with E-state index in [-0.39, 0.29) is 42.6 Å². The lowest BCUT2D eigenvalue weighted by atomic mass is 9.85. The molecule has 0 bridgehead atoms. The average molecular weight is 392 g/mol. The molecule has 3 rings (SSSR count). The van der Waals surface area contributed by atoms with Crippen LogP contribution in [0, 0.1) is 11.7 Å². The van der Waals surface area contributed by atoms with E-state index in [9.17, 15) is 23.9 Å². The molecule has 0 radical (unpaired) electrons. The number of rotatable bonds is 5. The molecule has 0 saturated carbocycles. The van der Waals surface area contributed by atoms with Crippen LogP contribution in [-0.4, -0.2) is 81.0 Å². The second kappa shape index (κ2) is 7.83. The minimum atomic E-state index is -0.983. The zero-order valence-corrected chi connectivity index (χ0v) is 16.1. The summed E-state index contributed by atoms with van der Waals surface area (Å²) in [5.41, 5.74) is -0.837. The van der Waals surface area contributed by atoms with Gasteiger partial charge in [-0.2, -0.15) is 0 Å². The number of likely N-dealkylation sites (tertiary alicyclic amines) is 1. The number of hydrogen-bond acceptors (Lipinski definition) is 5. The summed E-state index contributed by atoms with van der Waals surface area (Å²) in [4.78, 5) is 46.6. The molecule has 2 aliphatic heterocycles. The van der Waals surface area contributed by atoms with Gasteiger partial charge < -0.3 is 14.9 Å². The maximum absolute atomic E-state index is 13.1. The molecule has 0 atom stereocenters. The third-order valence-corrected chi connectivity index (χ3v) is 5.32. The third kappa shape index (κ3) is 3.46. The highest BCUT2D eigenvalue weighted by atomic mass is 19.1. The topological polar surface area (TPSA) is 94.0 Å². The molecule has 1 aromatic heterocycles. The lowest BCUT2D eigenvalue weighted by Gasteiger charge is -2.42. The number of pyridine rings is 1. The summed E-state index contributed by atoms with van der Waals surface area (Å²) < 4.78 is 13.0. The largest absolute Gasteiger partial charge is 0.395 e. The van der Waals surface area contributed by atoms with Crippen LogP contribution in [0.3, 0.4) is 0 Å². The van der Waals surface area contributed by atoms with Gasteiger partial charge in [0.1, 0.15) is 17.1 Å². The molecule has 3 heterocycles. The van der Waals surface area contributed by atoms with Crippen molar-refractivity contribution in [1.82, 2.24) is 19.7 Å². The van der Waals surface area contributed by atoms with E-state index < -0.39 is 11.4 Å². The quantitative estimate of drug-likeness (QED) is 0.758. The van der Waals surface area contributed by atoms with E-state index in [0.717, 1.165) is 11.1 Å². The molecule has 9 heteroatoms. The summed E-state index contributed by atoms with van der Waals surface area (Å²) >= 11 is 0. The highest BCUT2D eigenvalue weighted by Gasteiger charge is 2.58. The molecule has 0 aliphatic carbocycles. The minimum absolute atomic E-state index is 0.0316. The monoisotopic (exact) mass is 392 g/mol. The molecule has 8 nitrogen and oxygen atoms in total. The van der Waals surface area contributed by atoms with E-state index in [1.807, 2.05) is 13.8 Å². The number of halogens is 1. The van der Waals surface area contributed by atoms with Crippen LogP contribution in [0.25, 0.3) is 0 Å². The van der Waals surface area contributed by atoms with Gasteiger partial charge in [-0.3, -0.25) is 14.5 Å². The van der Waals surface area contributed by atoms with Crippen molar-refractivity contribution in [2.75, 3.05) is 32.8 Å². The van der Waals surface area contributed by atoms with Gasteiger partial charge >= 0.3 is 6.03 Å². The van der Waals surface area contributed by atoms with Crippen LogP contribution < -0.4 is 0 Å². The van der Waals surface area contributed by atoms with Gasteiger partial charge in [-0.1, -0.05) is 13.8 Å². The summed E-state index contributed by atoms with van der Waals surface area (Å²) in [6.45, 7) is 4.63. The van der Waals surface area contributed by atoms with Gasteiger partial charge in [0, 0.05) is 19.6 Å². The summed E-state index contributed by atoms with van der Waals surface area (Å²) in [7, 11) is 0. The lowest BCUT2D eigenvalue weighted by molar-refractivity contribution is -0.135. The lowest BCUT2D eigenvalue weighted by Crippen LogP contribution is -2.58. The Labute approximate surface area is 162 Å². The van der Waals surface area contributed by atoms with Crippen molar-refractivity contribution >= 4 is 17.8 Å². The first-order chi connectivity index (χ1) is 13.3. The third-order valence-electron chi connectivity index (χ3n) is 5.32. The fraction of sp³-hybridized carbons (Fsp3) is 0.579. The molecular formula is C19H25FN4O4. The van der Waals surface area contributed by atoms with Crippen molar-refractivity contribution in [3.8, 4) is 0 Å². The number of carbonyl (C=O) groups excluding carboxylic acids is 3. The number of urea groups is 1. The maximum atomic E-state index is 13.1. The van der Waals surface area contributed by atoms with Crippen LogP contribution in [0.4, 0.5) is 9.18 Å². The smallest absolute Gasteiger partial charge is 0.327 e. The van der Waals surface area contributed by atoms with E-state index in [1.165, 1.54) is 12.1 Å². The number of aromatic nitrogens is 1. The van der Waals surface area contributed by atoms with Gasteiger partial charge in [0.2, 0.25) is 0 Å². The molecule has 2 saturated heterocycles. The standard InChI is InChI=1S/C19H25FN4O4/c1-13(2)12-24-18(28)23(9-10-25)17(27)19(24)5-7-22(8-6-19)16(26)15-4-3-14(20)11-21-15/h3-4,11,13,25H,5-10,12H2,1-2H3. The molecule has 0 unspecified atom stereocenters. The van der Waals surface area contributed by atoms with Crippen LogP contribution in [0.5, 0.6) is 0 Å². The van der Waals surface area contributed by atoms with Crippen LogP contribution >= 0.6 is 0 Å². The predicted octanol–water partition coefficient (Wildman–Crippen LogP) is 1.11. The first-order valence-electron chi connectivity index (χ1n) is 9.45. The summed E-state index contributed by atoms with van der Waals surface area (Å²) in [5.74, 6) is -0.975. The number of imide groups is 1. The number of amides is 4. The molecule has 2 aliphatic rings. The first-order valence-corrected chi connectivity index (χ1v) is 9.45. The Kier molecular flexibility index (Phi) is 5.64. The van der Waals surface area contributed by atoms with Gasteiger partial charge in [0.25, 0.3) is 11.8 Å². The Balaban J connectivity index is 1.79. The van der Waals surface area contributed by atoms with Crippen molar-refractivity contribution < 1.29 is 23.9 Å². The van der Waals surface area contributed by atoms with E-state index in [0.29, 0.717) is 32.5 Å². The predicted molar refractivity (Wildman–Crippen MR) is 97.8 cm³/mol. The van der Waals surface area contributed by atoms with Gasteiger partial charge in [-0.25, -0.2) is 14.2 Å². The molecule has 28 heavy (non-hydrogen) atoms. The number of nitrogens with zero attached hydrogens (tertiary/aromatic N) is 4. The molecule has 1 N–H and O–H groups in total. The number of carbonyl (C=O) groups is 3. The van der Waals surface area contributed by atoms with E-state index in [4.69, 9.17) is 0 Å². The number of piperidine rings is 1. The highest BCUT2D eigenvalue weighted by molar-refractivity contribution is 6.07. The highest BCUT2D eigenvalue weighted by Crippen LogP contribution is 2.38. The van der Waals surface area contributed by atoms with Crippen molar-refractivity contribution in [3.05, 3.63) is 29.8 Å². The first kappa shape index (κ1) is 20.2. The zero-order chi connectivity index (χ0) is 20.5. The van der Waals surface area contributed by atoms with Crippen LogP contribution in [-0.2, 0) is 4.79 Å². The average Bonchev–Trinajstić information content (AvgIpc) is 2.85. The van der Waals surface area contributed by atoms with Crippen molar-refractivity contribution in [3.63, 3.8) is 0 Å². The zero-order valence-electron chi connectivity index (χ0n) is 16.1. The van der Waals surface area contributed by atoms with Crippen LogP contribution in [0.1, 0.15) is 37.2 Å². The number of aliphatic hydroxyl groups excluding tert-OH is 1. The number of β-amino-alcohol motifs (C(OH)–C–C–N with tert-alkyl or cyclic N) is 1. The Bertz CT molecular complexity index is 760. The summed E-state index contributed by atoms with van der Waals surface area (Å²) in [6, 6.07) is 2.13. The van der Waals surface area contributed by atoms with E-state index in [1.54, 1.807) is 9.80 Å². The fourth-order valence-electron chi connectivity index (χ4n) is 3.93. The van der Waals surface area contributed by atoms with E-state index >= 15 is 0 Å². The molecular weight excluding hydrogens is 367 g/mol. The fourth-order valence-corrected chi connectivity index (χ4v) is 3.93. The second-order valence-electron chi connectivity index (χ2n) is 7.65. The summed E-state index contributed by atoms with van der Waals surface area (Å²) in [6.07, 6.45) is 1.63. The van der Waals surface area contributed by atoms with Gasteiger partial charge in [-0.15, -0.1) is 0 Å². The van der Waals surface area contributed by atoms with Crippen LogP contribution in [0.2, 0.25) is 0 Å². The van der Waals surface area contributed by atoms with Gasteiger partial charge in [-0.05, 0) is 30.9 Å². The minimum Gasteiger partial charge on any atom is -0.395 e. The number of hydrogen-bond donors (Lipinski definition) is 1. The molecule has 152 valence electrons. The molecule has 4 amide bonds. The Morgan fingerprint density at radius 3 is 2.50 bits per heavy atom. The Morgan fingerprint density at radius 2 is 1.96 bits per heavy atom. The molecule has 0 aromatic carbocycles. The van der Waals surface area contributed by atoms with Crippen molar-refractivity contribution in [1.29, 1.82) is 0 Å². The Morgan fingerprint density at radius 1 is 1.29 bits per heavy atom. The SMILES string of the molecule is CC(C)CN1C(=O)N(CCO)C(=O)C12CCN(C(=O)c1ccc(F)cn1)CC2. The Hall–Kier alpha value is -2.55.